The lowest BCUT2D eigenvalue weighted by Gasteiger charge is -2.32. The number of hydrogen-bond acceptors (Lipinski definition) is 5. The zero-order valence-electron chi connectivity index (χ0n) is 14.0. The molecule has 6 nitrogen and oxygen atoms in total. The standard InChI is InChI=1S/C18H27N3O3/c22-18(7-6-15-10-19-20-11-15)21-16-13-23-9-8-17(16)24-12-14-4-2-1-3-5-14/h1-5,15-17,19-20H,6-13H2,(H,21,22)/t16-,17+/m1/s1. The highest BCUT2D eigenvalue weighted by Crippen LogP contribution is 2.15. The van der Waals surface area contributed by atoms with Crippen molar-refractivity contribution in [3.63, 3.8) is 0 Å². The Morgan fingerprint density at radius 3 is 2.83 bits per heavy atom. The highest BCUT2D eigenvalue weighted by atomic mass is 16.5. The lowest BCUT2D eigenvalue weighted by atomic mass is 10.0. The highest BCUT2D eigenvalue weighted by molar-refractivity contribution is 5.76. The van der Waals surface area contributed by atoms with Gasteiger partial charge in [0.15, 0.2) is 0 Å². The molecule has 0 aromatic heterocycles. The van der Waals surface area contributed by atoms with Gasteiger partial charge in [0.05, 0.1) is 25.4 Å². The number of carbonyl (C=O) groups excluding carboxylic acids is 1. The van der Waals surface area contributed by atoms with Gasteiger partial charge in [-0.3, -0.25) is 15.6 Å². The van der Waals surface area contributed by atoms with Crippen molar-refractivity contribution in [2.45, 2.75) is 38.0 Å². The molecule has 0 bridgehead atoms. The van der Waals surface area contributed by atoms with Crippen LogP contribution < -0.4 is 16.2 Å². The van der Waals surface area contributed by atoms with Crippen LogP contribution in [-0.4, -0.2) is 44.4 Å². The topological polar surface area (TPSA) is 71.6 Å². The molecule has 2 aliphatic rings. The van der Waals surface area contributed by atoms with Gasteiger partial charge < -0.3 is 14.8 Å². The number of ether oxygens (including phenoxy) is 2. The zero-order valence-corrected chi connectivity index (χ0v) is 14.0. The van der Waals surface area contributed by atoms with E-state index >= 15 is 0 Å². The Bertz CT molecular complexity index is 505. The smallest absolute Gasteiger partial charge is 0.220 e. The molecule has 1 aromatic rings. The summed E-state index contributed by atoms with van der Waals surface area (Å²) >= 11 is 0. The molecule has 0 unspecified atom stereocenters. The molecular weight excluding hydrogens is 306 g/mol. The third-order valence-electron chi connectivity index (χ3n) is 4.63. The Hall–Kier alpha value is -1.47. The van der Waals surface area contributed by atoms with Crippen molar-refractivity contribution >= 4 is 5.91 Å². The quantitative estimate of drug-likeness (QED) is 0.694. The minimum absolute atomic E-state index is 0.0118. The second kappa shape index (κ2) is 9.13. The van der Waals surface area contributed by atoms with Gasteiger partial charge in [-0.1, -0.05) is 30.3 Å². The van der Waals surface area contributed by atoms with E-state index in [2.05, 4.69) is 28.3 Å². The fourth-order valence-electron chi connectivity index (χ4n) is 3.15. The normalized spacial score (nSPS) is 24.8. The van der Waals surface area contributed by atoms with E-state index < -0.39 is 0 Å². The number of nitrogens with one attached hydrogen (secondary N) is 3. The first kappa shape index (κ1) is 17.4. The third kappa shape index (κ3) is 5.27. The van der Waals surface area contributed by atoms with E-state index in [1.165, 1.54) is 0 Å². The molecule has 0 radical (unpaired) electrons. The molecule has 2 atom stereocenters. The molecule has 2 aliphatic heterocycles. The van der Waals surface area contributed by atoms with E-state index in [-0.39, 0.29) is 18.1 Å². The summed E-state index contributed by atoms with van der Waals surface area (Å²) in [5.41, 5.74) is 7.34. The second-order valence-electron chi connectivity index (χ2n) is 6.54. The third-order valence-corrected chi connectivity index (χ3v) is 4.63. The molecule has 3 N–H and O–H groups in total. The van der Waals surface area contributed by atoms with Crippen LogP contribution >= 0.6 is 0 Å². The number of rotatable bonds is 7. The van der Waals surface area contributed by atoms with E-state index in [1.54, 1.807) is 0 Å². The van der Waals surface area contributed by atoms with Gasteiger partial charge in [-0.25, -0.2) is 0 Å². The van der Waals surface area contributed by atoms with Gasteiger partial charge >= 0.3 is 0 Å². The van der Waals surface area contributed by atoms with Crippen LogP contribution in [0, 0.1) is 5.92 Å². The van der Waals surface area contributed by atoms with Crippen molar-refractivity contribution in [3.05, 3.63) is 35.9 Å². The van der Waals surface area contributed by atoms with Crippen LogP contribution in [-0.2, 0) is 20.9 Å². The first-order valence-electron chi connectivity index (χ1n) is 8.79. The number of carbonyl (C=O) groups is 1. The Labute approximate surface area is 143 Å². The molecule has 0 saturated carbocycles. The van der Waals surface area contributed by atoms with Gasteiger partial charge in [0.1, 0.15) is 0 Å². The summed E-state index contributed by atoms with van der Waals surface area (Å²) in [4.78, 5) is 12.2. The minimum Gasteiger partial charge on any atom is -0.379 e. The van der Waals surface area contributed by atoms with Gasteiger partial charge in [-0.15, -0.1) is 0 Å². The Morgan fingerprint density at radius 2 is 2.04 bits per heavy atom. The lowest BCUT2D eigenvalue weighted by molar-refractivity contribution is -0.126. The van der Waals surface area contributed by atoms with Gasteiger partial charge in [0.25, 0.3) is 0 Å². The van der Waals surface area contributed by atoms with E-state index in [9.17, 15) is 4.79 Å². The largest absolute Gasteiger partial charge is 0.379 e. The predicted molar refractivity (Wildman–Crippen MR) is 91.1 cm³/mol. The van der Waals surface area contributed by atoms with Crippen LogP contribution in [0.1, 0.15) is 24.8 Å². The van der Waals surface area contributed by atoms with Gasteiger partial charge in [-0.05, 0) is 24.3 Å². The maximum atomic E-state index is 12.2. The molecule has 132 valence electrons. The molecule has 0 aliphatic carbocycles. The summed E-state index contributed by atoms with van der Waals surface area (Å²) in [6.07, 6.45) is 2.27. The van der Waals surface area contributed by atoms with Crippen molar-refractivity contribution < 1.29 is 14.3 Å². The van der Waals surface area contributed by atoms with Crippen molar-refractivity contribution in [2.75, 3.05) is 26.3 Å². The van der Waals surface area contributed by atoms with Crippen molar-refractivity contribution in [3.8, 4) is 0 Å². The van der Waals surface area contributed by atoms with Crippen LogP contribution in [0.4, 0.5) is 0 Å². The minimum atomic E-state index is -0.0604. The summed E-state index contributed by atoms with van der Waals surface area (Å²) in [5, 5.41) is 3.10. The number of amides is 1. The molecule has 2 saturated heterocycles. The molecule has 1 aromatic carbocycles. The van der Waals surface area contributed by atoms with Crippen molar-refractivity contribution in [1.29, 1.82) is 0 Å². The van der Waals surface area contributed by atoms with E-state index in [0.29, 0.717) is 32.2 Å². The summed E-state index contributed by atoms with van der Waals surface area (Å²) in [7, 11) is 0. The molecule has 24 heavy (non-hydrogen) atoms. The summed E-state index contributed by atoms with van der Waals surface area (Å²) in [6, 6.07) is 10.1. The molecule has 3 rings (SSSR count). The maximum absolute atomic E-state index is 12.2. The number of hydrogen-bond donors (Lipinski definition) is 3. The van der Waals surface area contributed by atoms with E-state index in [1.807, 2.05) is 18.2 Å². The lowest BCUT2D eigenvalue weighted by Crippen LogP contribution is -2.50. The van der Waals surface area contributed by atoms with Gasteiger partial charge in [0.2, 0.25) is 5.91 Å². The summed E-state index contributed by atoms with van der Waals surface area (Å²) < 4.78 is 11.6. The fourth-order valence-corrected chi connectivity index (χ4v) is 3.15. The Kier molecular flexibility index (Phi) is 6.60. The first-order chi connectivity index (χ1) is 11.8. The molecular formula is C18H27N3O3. The van der Waals surface area contributed by atoms with Crippen molar-refractivity contribution in [1.82, 2.24) is 16.2 Å². The summed E-state index contributed by atoms with van der Waals surface area (Å²) in [6.45, 7) is 3.64. The molecule has 1 amide bonds. The van der Waals surface area contributed by atoms with E-state index in [4.69, 9.17) is 9.47 Å². The van der Waals surface area contributed by atoms with Gasteiger partial charge in [0, 0.05) is 26.1 Å². The van der Waals surface area contributed by atoms with Crippen LogP contribution in [0.2, 0.25) is 0 Å². The average molecular weight is 333 g/mol. The Balaban J connectivity index is 1.43. The SMILES string of the molecule is O=C(CCC1CNNC1)N[C@@H]1COCC[C@@H]1OCc1ccccc1. The van der Waals surface area contributed by atoms with Crippen LogP contribution in [0.3, 0.4) is 0 Å². The number of hydrazine groups is 1. The van der Waals surface area contributed by atoms with Crippen molar-refractivity contribution in [2.24, 2.45) is 5.92 Å². The van der Waals surface area contributed by atoms with Crippen LogP contribution in [0.25, 0.3) is 0 Å². The first-order valence-corrected chi connectivity index (χ1v) is 8.79. The predicted octanol–water partition coefficient (Wildman–Crippen LogP) is 0.981. The van der Waals surface area contributed by atoms with Crippen LogP contribution in [0.15, 0.2) is 30.3 Å². The van der Waals surface area contributed by atoms with E-state index in [0.717, 1.165) is 31.5 Å². The molecule has 0 spiro atoms. The average Bonchev–Trinajstić information content (AvgIpc) is 3.14. The maximum Gasteiger partial charge on any atom is 0.220 e. The molecule has 2 fully saturated rings. The zero-order chi connectivity index (χ0) is 16.6. The fraction of sp³-hybridized carbons (Fsp3) is 0.611. The van der Waals surface area contributed by atoms with Crippen LogP contribution in [0.5, 0.6) is 0 Å². The monoisotopic (exact) mass is 333 g/mol. The molecule has 2 heterocycles. The summed E-state index contributed by atoms with van der Waals surface area (Å²) in [5.74, 6) is 0.620. The number of benzene rings is 1. The van der Waals surface area contributed by atoms with Gasteiger partial charge in [-0.2, -0.15) is 0 Å². The second-order valence-corrected chi connectivity index (χ2v) is 6.54. The highest BCUT2D eigenvalue weighted by Gasteiger charge is 2.28. The Morgan fingerprint density at radius 1 is 1.25 bits per heavy atom. The molecule has 6 heteroatoms.